The molecule has 1 amide bonds. The van der Waals surface area contributed by atoms with Crippen LogP contribution in [0.3, 0.4) is 0 Å². The van der Waals surface area contributed by atoms with Crippen molar-refractivity contribution in [3.8, 4) is 16.9 Å². The number of halogens is 2. The number of para-hydroxylation sites is 1. The average Bonchev–Trinajstić information content (AvgIpc) is 3.11. The molecular weight excluding hydrogens is 458 g/mol. The van der Waals surface area contributed by atoms with Gasteiger partial charge in [-0.2, -0.15) is 9.49 Å². The van der Waals surface area contributed by atoms with Crippen LogP contribution in [0.1, 0.15) is 43.2 Å². The van der Waals surface area contributed by atoms with Gasteiger partial charge in [0, 0.05) is 24.1 Å². The van der Waals surface area contributed by atoms with Gasteiger partial charge in [0.15, 0.2) is 0 Å². The van der Waals surface area contributed by atoms with Crippen molar-refractivity contribution in [3.05, 3.63) is 74.5 Å². The highest BCUT2D eigenvalue weighted by atomic mass is 19.1. The van der Waals surface area contributed by atoms with Crippen molar-refractivity contribution < 1.29 is 23.2 Å². The van der Waals surface area contributed by atoms with Gasteiger partial charge in [-0.15, -0.1) is 0 Å². The third-order valence-electron chi connectivity index (χ3n) is 5.83. The van der Waals surface area contributed by atoms with Crippen LogP contribution in [-0.2, 0) is 17.7 Å². The summed E-state index contributed by atoms with van der Waals surface area (Å²) in [7, 11) is 0. The van der Waals surface area contributed by atoms with E-state index in [1.54, 1.807) is 25.5 Å². The van der Waals surface area contributed by atoms with Crippen LogP contribution in [0.2, 0.25) is 0 Å². The van der Waals surface area contributed by atoms with E-state index in [0.29, 0.717) is 36.0 Å². The normalized spacial score (nSPS) is 13.5. The molecule has 0 bridgehead atoms. The monoisotopic (exact) mass is 484 g/mol. The molecule has 184 valence electrons. The van der Waals surface area contributed by atoms with Crippen LogP contribution < -0.4 is 0 Å². The number of hydrogen-bond acceptors (Lipinski definition) is 5. The number of nitrogens with zero attached hydrogens (tertiary/aromatic N) is 4. The lowest BCUT2D eigenvalue weighted by Gasteiger charge is -2.30. The third-order valence-corrected chi connectivity index (χ3v) is 5.83. The van der Waals surface area contributed by atoms with Crippen LogP contribution >= 0.6 is 0 Å². The second-order valence-corrected chi connectivity index (χ2v) is 9.62. The Bertz CT molecular complexity index is 1320. The van der Waals surface area contributed by atoms with Crippen molar-refractivity contribution >= 4 is 11.8 Å². The number of hydrogen-bond donors (Lipinski definition) is 0. The van der Waals surface area contributed by atoms with Crippen LogP contribution in [0, 0.1) is 35.6 Å². The summed E-state index contributed by atoms with van der Waals surface area (Å²) in [6.07, 6.45) is -0.138. The minimum Gasteiger partial charge on any atom is -0.444 e. The number of aryl methyl sites for hydroxylation is 2. The summed E-state index contributed by atoms with van der Waals surface area (Å²) in [4.78, 5) is 24.4. The lowest BCUT2D eigenvalue weighted by atomic mass is 9.99. The summed E-state index contributed by atoms with van der Waals surface area (Å²) >= 11 is 0. The van der Waals surface area contributed by atoms with Crippen molar-refractivity contribution in [2.45, 2.75) is 53.2 Å². The molecule has 0 fully saturated rings. The molecule has 0 saturated carbocycles. The number of rotatable bonds is 3. The van der Waals surface area contributed by atoms with Gasteiger partial charge in [0.05, 0.1) is 34.6 Å². The molecule has 2 heterocycles. The highest BCUT2D eigenvalue weighted by Gasteiger charge is 2.33. The Morgan fingerprint density at radius 1 is 1.14 bits per heavy atom. The van der Waals surface area contributed by atoms with E-state index < -0.39 is 33.9 Å². The molecular formula is C25H26F2N4O4. The first-order chi connectivity index (χ1) is 16.4. The number of fused-ring (bicyclic) bond motifs is 1. The van der Waals surface area contributed by atoms with Crippen molar-refractivity contribution in [1.82, 2.24) is 14.7 Å². The molecule has 0 atom stereocenters. The van der Waals surface area contributed by atoms with Gasteiger partial charge in [-0.25, -0.2) is 13.9 Å². The number of amides is 1. The number of nitro benzene ring substituents is 1. The van der Waals surface area contributed by atoms with Crippen molar-refractivity contribution in [2.75, 3.05) is 6.54 Å². The first-order valence-corrected chi connectivity index (χ1v) is 11.2. The molecule has 0 aliphatic carbocycles. The van der Waals surface area contributed by atoms with E-state index in [2.05, 4.69) is 0 Å². The molecule has 0 saturated heterocycles. The van der Waals surface area contributed by atoms with Gasteiger partial charge in [-0.1, -0.05) is 18.2 Å². The second kappa shape index (κ2) is 8.75. The van der Waals surface area contributed by atoms with E-state index >= 15 is 4.39 Å². The van der Waals surface area contributed by atoms with Crippen LogP contribution in [-0.4, -0.2) is 37.8 Å². The molecule has 0 unspecified atom stereocenters. The van der Waals surface area contributed by atoms with Gasteiger partial charge in [0.1, 0.15) is 11.4 Å². The van der Waals surface area contributed by atoms with E-state index in [9.17, 15) is 19.3 Å². The van der Waals surface area contributed by atoms with Crippen LogP contribution in [0.4, 0.5) is 19.3 Å². The van der Waals surface area contributed by atoms with E-state index in [4.69, 9.17) is 9.84 Å². The fraction of sp³-hybridized carbons (Fsp3) is 0.360. The van der Waals surface area contributed by atoms with Gasteiger partial charge in [-0.05, 0) is 51.8 Å². The minimum absolute atomic E-state index is 0.0720. The maximum absolute atomic E-state index is 15.3. The average molecular weight is 485 g/mol. The van der Waals surface area contributed by atoms with Crippen molar-refractivity contribution in [1.29, 1.82) is 0 Å². The predicted octanol–water partition coefficient (Wildman–Crippen LogP) is 5.64. The molecule has 3 aromatic rings. The zero-order valence-electron chi connectivity index (χ0n) is 20.2. The number of ether oxygens (including phenoxy) is 1. The summed E-state index contributed by atoms with van der Waals surface area (Å²) < 4.78 is 37.0. The number of aromatic nitrogens is 2. The predicted molar refractivity (Wildman–Crippen MR) is 125 cm³/mol. The lowest BCUT2D eigenvalue weighted by molar-refractivity contribution is -0.387. The maximum atomic E-state index is 15.3. The van der Waals surface area contributed by atoms with Gasteiger partial charge < -0.3 is 9.64 Å². The van der Waals surface area contributed by atoms with Crippen LogP contribution in [0.5, 0.6) is 0 Å². The Hall–Kier alpha value is -3.82. The van der Waals surface area contributed by atoms with Gasteiger partial charge in [0.25, 0.3) is 0 Å². The Balaban J connectivity index is 1.93. The molecule has 0 spiro atoms. The molecule has 1 aliphatic heterocycles. The highest BCUT2D eigenvalue weighted by molar-refractivity contribution is 5.73. The molecule has 8 nitrogen and oxygen atoms in total. The smallest absolute Gasteiger partial charge is 0.410 e. The minimum atomic E-state index is -1.16. The molecule has 0 N–H and O–H groups in total. The highest BCUT2D eigenvalue weighted by Crippen LogP contribution is 2.37. The van der Waals surface area contributed by atoms with Gasteiger partial charge in [0.2, 0.25) is 5.82 Å². The zero-order valence-corrected chi connectivity index (χ0v) is 20.2. The summed E-state index contributed by atoms with van der Waals surface area (Å²) in [6.45, 7) is 9.48. The number of carbonyl (C=O) groups is 1. The number of benzene rings is 2. The maximum Gasteiger partial charge on any atom is 0.410 e. The second-order valence-electron chi connectivity index (χ2n) is 9.62. The van der Waals surface area contributed by atoms with Gasteiger partial charge in [-0.3, -0.25) is 10.1 Å². The quantitative estimate of drug-likeness (QED) is 0.355. The van der Waals surface area contributed by atoms with Crippen LogP contribution in [0.25, 0.3) is 16.9 Å². The summed E-state index contributed by atoms with van der Waals surface area (Å²) in [6, 6.07) is 7.04. The Morgan fingerprint density at radius 3 is 2.40 bits per heavy atom. The first-order valence-electron chi connectivity index (χ1n) is 11.2. The molecule has 0 radical (unpaired) electrons. The molecule has 4 rings (SSSR count). The molecule has 1 aliphatic rings. The summed E-state index contributed by atoms with van der Waals surface area (Å²) in [5, 5.41) is 15.9. The largest absolute Gasteiger partial charge is 0.444 e. The van der Waals surface area contributed by atoms with Crippen molar-refractivity contribution in [2.24, 2.45) is 0 Å². The lowest BCUT2D eigenvalue weighted by Crippen LogP contribution is -2.39. The topological polar surface area (TPSA) is 90.5 Å². The summed E-state index contributed by atoms with van der Waals surface area (Å²) in [5.74, 6) is -2.11. The number of carbonyl (C=O) groups excluding carboxylic acids is 1. The number of nitro groups is 1. The Kier molecular flexibility index (Phi) is 6.08. The Morgan fingerprint density at radius 2 is 1.80 bits per heavy atom. The molecule has 2 aromatic carbocycles. The first kappa shape index (κ1) is 24.3. The van der Waals surface area contributed by atoms with E-state index in [-0.39, 0.29) is 17.8 Å². The summed E-state index contributed by atoms with van der Waals surface area (Å²) in [5.41, 5.74) is 2.02. The standard InChI is InChI=1S/C25H26F2N4O4/c1-14-7-6-8-15(2)22(14)30-23(16-11-19(27)21(31(33)34)12-18(16)26)17-13-29(10-9-20(17)28-30)24(32)35-25(3,4)5/h6-8,11-12H,9-10,13H2,1-5H3. The Labute approximate surface area is 201 Å². The third kappa shape index (κ3) is 4.60. The van der Waals surface area contributed by atoms with E-state index in [1.165, 1.54) is 4.90 Å². The van der Waals surface area contributed by atoms with Crippen LogP contribution in [0.15, 0.2) is 30.3 Å². The van der Waals surface area contributed by atoms with Gasteiger partial charge >= 0.3 is 11.8 Å². The fourth-order valence-corrected chi connectivity index (χ4v) is 4.29. The fourth-order valence-electron chi connectivity index (χ4n) is 4.29. The van der Waals surface area contributed by atoms with E-state index in [0.717, 1.165) is 17.2 Å². The van der Waals surface area contributed by atoms with E-state index in [1.807, 2.05) is 32.0 Å². The zero-order chi connectivity index (χ0) is 25.7. The SMILES string of the molecule is Cc1cccc(C)c1-n1nc2c(c1-c1cc(F)c([N+](=O)[O-])cc1F)CN(C(=O)OC(C)(C)C)CC2. The van der Waals surface area contributed by atoms with Crippen molar-refractivity contribution in [3.63, 3.8) is 0 Å². The molecule has 35 heavy (non-hydrogen) atoms. The molecule has 1 aromatic heterocycles. The molecule has 10 heteroatoms.